The van der Waals surface area contributed by atoms with Crippen molar-refractivity contribution in [2.45, 2.75) is 19.9 Å². The molecule has 1 N–H and O–H groups in total. The van der Waals surface area contributed by atoms with Crippen LogP contribution >= 0.6 is 23.2 Å². The predicted molar refractivity (Wildman–Crippen MR) is 129 cm³/mol. The highest BCUT2D eigenvalue weighted by atomic mass is 35.5. The predicted octanol–water partition coefficient (Wildman–Crippen LogP) is 5.93. The molecule has 1 unspecified atom stereocenters. The van der Waals surface area contributed by atoms with Crippen LogP contribution in [0.5, 0.6) is 11.5 Å². The number of carbonyl (C=O) groups is 2. The molecular weight excluding hydrogens is 481 g/mol. The number of hydrogen-bond acceptors (Lipinski definition) is 6. The number of furan rings is 1. The molecule has 0 saturated carbocycles. The molecule has 1 aromatic heterocycles. The average Bonchev–Trinajstić information content (AvgIpc) is 3.34. The SMILES string of the molecule is CCOc1cccc(N2C(=O)C(=O)/C(=C(\O)c3cc(Cl)c(OC)c(Cl)c3)C2c2ccc(C)o2)c1. The van der Waals surface area contributed by atoms with Crippen molar-refractivity contribution in [3.8, 4) is 11.5 Å². The largest absolute Gasteiger partial charge is 0.507 e. The number of ketones is 1. The minimum Gasteiger partial charge on any atom is -0.507 e. The number of rotatable bonds is 6. The number of aliphatic hydroxyl groups is 1. The van der Waals surface area contributed by atoms with Gasteiger partial charge in [0, 0.05) is 17.3 Å². The van der Waals surface area contributed by atoms with Gasteiger partial charge in [0.2, 0.25) is 0 Å². The van der Waals surface area contributed by atoms with Gasteiger partial charge in [-0.15, -0.1) is 0 Å². The van der Waals surface area contributed by atoms with E-state index < -0.39 is 23.5 Å². The molecular formula is C25H21Cl2NO6. The Bertz CT molecular complexity index is 1290. The number of methoxy groups -OCH3 is 1. The number of hydrogen-bond donors (Lipinski definition) is 1. The summed E-state index contributed by atoms with van der Waals surface area (Å²) < 4.78 is 16.5. The monoisotopic (exact) mass is 501 g/mol. The summed E-state index contributed by atoms with van der Waals surface area (Å²) in [5, 5.41) is 11.5. The second-order valence-electron chi connectivity index (χ2n) is 7.52. The van der Waals surface area contributed by atoms with Crippen LogP contribution in [-0.4, -0.2) is 30.5 Å². The summed E-state index contributed by atoms with van der Waals surface area (Å²) in [6, 6.07) is 12.0. The molecule has 1 saturated heterocycles. The fourth-order valence-corrected chi connectivity index (χ4v) is 4.55. The zero-order valence-corrected chi connectivity index (χ0v) is 20.1. The Hall–Kier alpha value is -3.42. The third-order valence-corrected chi connectivity index (χ3v) is 5.92. The van der Waals surface area contributed by atoms with Crippen LogP contribution in [0.15, 0.2) is 58.5 Å². The van der Waals surface area contributed by atoms with Crippen LogP contribution in [0.1, 0.15) is 30.0 Å². The minimum atomic E-state index is -1.02. The van der Waals surface area contributed by atoms with Crippen molar-refractivity contribution in [1.29, 1.82) is 0 Å². The summed E-state index contributed by atoms with van der Waals surface area (Å²) in [5.41, 5.74) is 0.417. The Kier molecular flexibility index (Phi) is 6.59. The Labute approximate surface area is 206 Å². The van der Waals surface area contributed by atoms with E-state index in [1.807, 2.05) is 6.92 Å². The normalized spacial score (nSPS) is 17.3. The quantitative estimate of drug-likeness (QED) is 0.255. The molecule has 3 aromatic rings. The Morgan fingerprint density at radius 2 is 1.82 bits per heavy atom. The Balaban J connectivity index is 1.93. The first-order chi connectivity index (χ1) is 16.3. The van der Waals surface area contributed by atoms with Crippen molar-refractivity contribution in [3.05, 3.63) is 81.2 Å². The summed E-state index contributed by atoms with van der Waals surface area (Å²) in [6.07, 6.45) is 0. The first kappa shape index (κ1) is 23.7. The highest BCUT2D eigenvalue weighted by Crippen LogP contribution is 2.44. The van der Waals surface area contributed by atoms with Crippen LogP contribution in [0, 0.1) is 6.92 Å². The maximum absolute atomic E-state index is 13.2. The zero-order valence-electron chi connectivity index (χ0n) is 18.6. The second kappa shape index (κ2) is 9.44. The maximum Gasteiger partial charge on any atom is 0.300 e. The van der Waals surface area contributed by atoms with Gasteiger partial charge in [0.05, 0.1) is 29.3 Å². The number of nitrogens with zero attached hydrogens (tertiary/aromatic N) is 1. The van der Waals surface area contributed by atoms with Crippen LogP contribution in [0.25, 0.3) is 5.76 Å². The van der Waals surface area contributed by atoms with E-state index >= 15 is 0 Å². The number of aryl methyl sites for hydroxylation is 1. The Morgan fingerprint density at radius 3 is 2.41 bits per heavy atom. The fourth-order valence-electron chi connectivity index (χ4n) is 3.91. The molecule has 9 heteroatoms. The zero-order chi connectivity index (χ0) is 24.6. The number of carbonyl (C=O) groups excluding carboxylic acids is 2. The number of Topliss-reactive ketones (excluding diaryl/α,β-unsaturated/α-hetero) is 1. The number of halogens is 2. The van der Waals surface area contributed by atoms with Gasteiger partial charge >= 0.3 is 0 Å². The number of benzene rings is 2. The van der Waals surface area contributed by atoms with Crippen LogP contribution in [0.3, 0.4) is 0 Å². The molecule has 1 aliphatic rings. The summed E-state index contributed by atoms with van der Waals surface area (Å²) in [7, 11) is 1.41. The summed E-state index contributed by atoms with van der Waals surface area (Å²) in [4.78, 5) is 27.7. The molecule has 7 nitrogen and oxygen atoms in total. The highest BCUT2D eigenvalue weighted by Gasteiger charge is 2.48. The van der Waals surface area contributed by atoms with Crippen molar-refractivity contribution in [1.82, 2.24) is 0 Å². The van der Waals surface area contributed by atoms with E-state index in [4.69, 9.17) is 37.1 Å². The van der Waals surface area contributed by atoms with Gasteiger partial charge in [-0.25, -0.2) is 0 Å². The third-order valence-electron chi connectivity index (χ3n) is 5.36. The minimum absolute atomic E-state index is 0.139. The van der Waals surface area contributed by atoms with E-state index in [9.17, 15) is 14.7 Å². The van der Waals surface area contributed by atoms with E-state index in [1.165, 1.54) is 24.1 Å². The first-order valence-corrected chi connectivity index (χ1v) is 11.2. The van der Waals surface area contributed by atoms with E-state index in [2.05, 4.69) is 0 Å². The van der Waals surface area contributed by atoms with Crippen LogP contribution < -0.4 is 14.4 Å². The molecule has 1 atom stereocenters. The second-order valence-corrected chi connectivity index (χ2v) is 8.34. The maximum atomic E-state index is 13.2. The molecule has 0 spiro atoms. The van der Waals surface area contributed by atoms with Crippen molar-refractivity contribution in [2.24, 2.45) is 0 Å². The molecule has 0 aliphatic carbocycles. The van der Waals surface area contributed by atoms with Gasteiger partial charge in [0.25, 0.3) is 11.7 Å². The lowest BCUT2D eigenvalue weighted by Gasteiger charge is -2.24. The van der Waals surface area contributed by atoms with Crippen molar-refractivity contribution < 1.29 is 28.6 Å². The number of anilines is 1. The standard InChI is InChI=1S/C25H21Cl2NO6/c1-4-33-16-7-5-6-15(12-16)28-21(19-9-8-13(2)34-19)20(23(30)25(28)31)22(29)14-10-17(26)24(32-3)18(27)11-14/h5-12,21,29H,4H2,1-3H3/b22-20-. The average molecular weight is 502 g/mol. The van der Waals surface area contributed by atoms with E-state index in [-0.39, 0.29) is 26.9 Å². The van der Waals surface area contributed by atoms with Crippen molar-refractivity contribution in [3.63, 3.8) is 0 Å². The lowest BCUT2D eigenvalue weighted by atomic mass is 9.99. The molecule has 34 heavy (non-hydrogen) atoms. The molecule has 0 radical (unpaired) electrons. The number of aliphatic hydroxyl groups excluding tert-OH is 1. The van der Waals surface area contributed by atoms with Crippen LogP contribution in [-0.2, 0) is 9.59 Å². The molecule has 1 aliphatic heterocycles. The number of ether oxygens (including phenoxy) is 2. The molecule has 1 fully saturated rings. The molecule has 1 amide bonds. The lowest BCUT2D eigenvalue weighted by molar-refractivity contribution is -0.132. The van der Waals surface area contributed by atoms with Crippen molar-refractivity contribution in [2.75, 3.05) is 18.6 Å². The molecule has 176 valence electrons. The van der Waals surface area contributed by atoms with Gasteiger partial charge in [0.1, 0.15) is 29.1 Å². The summed E-state index contributed by atoms with van der Waals surface area (Å²) in [6.45, 7) is 4.02. The van der Waals surface area contributed by atoms with Gasteiger partial charge in [0.15, 0.2) is 5.75 Å². The smallest absolute Gasteiger partial charge is 0.300 e. The van der Waals surface area contributed by atoms with E-state index in [1.54, 1.807) is 43.3 Å². The van der Waals surface area contributed by atoms with E-state index in [0.29, 0.717) is 29.6 Å². The van der Waals surface area contributed by atoms with Gasteiger partial charge in [-0.2, -0.15) is 0 Å². The lowest BCUT2D eigenvalue weighted by Crippen LogP contribution is -2.29. The third kappa shape index (κ3) is 4.13. The Morgan fingerprint density at radius 1 is 1.12 bits per heavy atom. The van der Waals surface area contributed by atoms with Gasteiger partial charge in [-0.3, -0.25) is 14.5 Å². The topological polar surface area (TPSA) is 89.2 Å². The van der Waals surface area contributed by atoms with Gasteiger partial charge in [-0.1, -0.05) is 29.3 Å². The van der Waals surface area contributed by atoms with Crippen molar-refractivity contribution >= 4 is 46.3 Å². The van der Waals surface area contributed by atoms with E-state index in [0.717, 1.165) is 0 Å². The van der Waals surface area contributed by atoms with Gasteiger partial charge in [-0.05, 0) is 50.2 Å². The van der Waals surface area contributed by atoms with Crippen LogP contribution in [0.2, 0.25) is 10.0 Å². The molecule has 2 heterocycles. The fraction of sp³-hybridized carbons (Fsp3) is 0.200. The molecule has 2 aromatic carbocycles. The first-order valence-electron chi connectivity index (χ1n) is 10.4. The summed E-state index contributed by atoms with van der Waals surface area (Å²) in [5.74, 6) is -0.477. The molecule has 0 bridgehead atoms. The highest BCUT2D eigenvalue weighted by molar-refractivity contribution is 6.51. The number of amides is 1. The molecule has 4 rings (SSSR count). The van der Waals surface area contributed by atoms with Gasteiger partial charge < -0.3 is 19.0 Å². The van der Waals surface area contributed by atoms with Crippen LogP contribution in [0.4, 0.5) is 5.69 Å². The summed E-state index contributed by atoms with van der Waals surface area (Å²) >= 11 is 12.5.